The molecule has 3 saturated heterocycles. The highest BCUT2D eigenvalue weighted by Gasteiger charge is 2.59. The highest BCUT2D eigenvalue weighted by Crippen LogP contribution is 2.52. The Labute approximate surface area is 137 Å². The molecule has 4 heterocycles. The Balaban J connectivity index is 1.54. The van der Waals surface area contributed by atoms with Gasteiger partial charge in [-0.3, -0.25) is 9.89 Å². The van der Waals surface area contributed by atoms with Crippen LogP contribution in [-0.2, 0) is 10.3 Å². The van der Waals surface area contributed by atoms with Gasteiger partial charge in [-0.15, -0.1) is 0 Å². The number of rotatable bonds is 1. The lowest BCUT2D eigenvalue weighted by molar-refractivity contribution is 0.0679. The largest absolute Gasteiger partial charge is 0.379 e. The molecular weight excluding hydrogens is 288 g/mol. The highest BCUT2D eigenvalue weighted by atomic mass is 16.6. The number of ether oxygens (including phenoxy) is 1. The number of benzene rings is 1. The van der Waals surface area contributed by atoms with Crippen LogP contribution in [0.25, 0.3) is 0 Å². The maximum atomic E-state index is 11.5. The zero-order chi connectivity index (χ0) is 15.7. The molecule has 4 heteroatoms. The van der Waals surface area contributed by atoms with E-state index in [-0.39, 0.29) is 5.41 Å². The van der Waals surface area contributed by atoms with Gasteiger partial charge >= 0.3 is 0 Å². The molecule has 0 saturated carbocycles. The first kappa shape index (κ1) is 14.1. The van der Waals surface area contributed by atoms with Crippen molar-refractivity contribution in [3.8, 4) is 0 Å². The number of epoxide rings is 1. The lowest BCUT2D eigenvalue weighted by atomic mass is 9.73. The fourth-order valence-corrected chi connectivity index (χ4v) is 5.10. The number of aliphatic imine (C=N–C) groups is 1. The van der Waals surface area contributed by atoms with Gasteiger partial charge in [0.1, 0.15) is 5.60 Å². The Hall–Kier alpha value is -1.23. The second kappa shape index (κ2) is 4.65. The Morgan fingerprint density at radius 3 is 3.09 bits per heavy atom. The van der Waals surface area contributed by atoms with Crippen molar-refractivity contribution in [3.05, 3.63) is 29.8 Å². The summed E-state index contributed by atoms with van der Waals surface area (Å²) in [5.41, 5.74) is 2.30. The molecule has 4 aliphatic rings. The van der Waals surface area contributed by atoms with Crippen LogP contribution in [0.4, 0.5) is 5.69 Å². The van der Waals surface area contributed by atoms with Crippen molar-refractivity contribution >= 4 is 11.4 Å². The highest BCUT2D eigenvalue weighted by molar-refractivity contribution is 6.00. The van der Waals surface area contributed by atoms with E-state index in [4.69, 9.17) is 9.73 Å². The third kappa shape index (κ3) is 1.92. The van der Waals surface area contributed by atoms with E-state index in [1.54, 1.807) is 0 Å². The summed E-state index contributed by atoms with van der Waals surface area (Å²) >= 11 is 0. The van der Waals surface area contributed by atoms with Gasteiger partial charge in [0.25, 0.3) is 0 Å². The standard InChI is InChI=1S/C19H24N2O2/c1-2-18-8-7-16-19(22,13-5-3-4-6-14(13)20-16)9-10-21(12-18)11-15-17(18)23-15/h3-6,15,17,22H,2,7-12H2,1H3/t15-,17+,18-,19-/m0/s1. The van der Waals surface area contributed by atoms with Gasteiger partial charge in [0, 0.05) is 30.6 Å². The van der Waals surface area contributed by atoms with Crippen molar-refractivity contribution in [1.82, 2.24) is 4.90 Å². The maximum Gasteiger partial charge on any atom is 0.131 e. The summed E-state index contributed by atoms with van der Waals surface area (Å²) in [5.74, 6) is 0. The Kier molecular flexibility index (Phi) is 2.86. The maximum absolute atomic E-state index is 11.5. The van der Waals surface area contributed by atoms with Crippen molar-refractivity contribution in [3.63, 3.8) is 0 Å². The second-order valence-electron chi connectivity index (χ2n) is 7.73. The van der Waals surface area contributed by atoms with Crippen molar-refractivity contribution in [1.29, 1.82) is 0 Å². The summed E-state index contributed by atoms with van der Waals surface area (Å²) in [6.07, 6.45) is 4.67. The number of hydrogen-bond donors (Lipinski definition) is 1. The van der Waals surface area contributed by atoms with Crippen LogP contribution in [0.1, 0.15) is 38.2 Å². The number of para-hydroxylation sites is 1. The summed E-state index contributed by atoms with van der Waals surface area (Å²) in [6, 6.07) is 8.08. The van der Waals surface area contributed by atoms with E-state index in [1.807, 2.05) is 24.3 Å². The normalized spacial score (nSPS) is 44.1. The first-order valence-corrected chi connectivity index (χ1v) is 8.92. The zero-order valence-electron chi connectivity index (χ0n) is 13.7. The van der Waals surface area contributed by atoms with Crippen LogP contribution < -0.4 is 0 Å². The molecular formula is C19H24N2O2. The summed E-state index contributed by atoms with van der Waals surface area (Å²) in [6.45, 7) is 5.34. The molecule has 5 rings (SSSR count). The van der Waals surface area contributed by atoms with E-state index in [0.717, 1.165) is 62.3 Å². The molecule has 0 spiro atoms. The molecule has 2 bridgehead atoms. The number of aliphatic hydroxyl groups is 1. The number of piperidine rings is 1. The van der Waals surface area contributed by atoms with Crippen LogP contribution in [-0.4, -0.2) is 47.6 Å². The minimum Gasteiger partial charge on any atom is -0.379 e. The summed E-state index contributed by atoms with van der Waals surface area (Å²) in [7, 11) is 0. The second-order valence-corrected chi connectivity index (χ2v) is 7.73. The molecule has 1 aromatic rings. The van der Waals surface area contributed by atoms with Gasteiger partial charge < -0.3 is 9.84 Å². The summed E-state index contributed by atoms with van der Waals surface area (Å²) in [5, 5.41) is 11.5. The van der Waals surface area contributed by atoms with E-state index < -0.39 is 5.60 Å². The number of fused-ring (bicyclic) bond motifs is 7. The van der Waals surface area contributed by atoms with Crippen LogP contribution in [0.15, 0.2) is 29.3 Å². The van der Waals surface area contributed by atoms with Crippen molar-refractivity contribution in [2.45, 2.75) is 50.4 Å². The molecule has 4 nitrogen and oxygen atoms in total. The summed E-state index contributed by atoms with van der Waals surface area (Å²) in [4.78, 5) is 7.33. The van der Waals surface area contributed by atoms with E-state index in [0.29, 0.717) is 12.2 Å². The molecule has 3 fully saturated rings. The summed E-state index contributed by atoms with van der Waals surface area (Å²) < 4.78 is 5.99. The van der Waals surface area contributed by atoms with E-state index in [1.165, 1.54) is 0 Å². The Morgan fingerprint density at radius 1 is 1.35 bits per heavy atom. The predicted molar refractivity (Wildman–Crippen MR) is 89.1 cm³/mol. The van der Waals surface area contributed by atoms with Crippen molar-refractivity contribution in [2.24, 2.45) is 10.4 Å². The van der Waals surface area contributed by atoms with Gasteiger partial charge in [-0.05, 0) is 31.7 Å². The number of nitrogens with zero attached hydrogens (tertiary/aromatic N) is 2. The van der Waals surface area contributed by atoms with E-state index in [2.05, 4.69) is 11.8 Å². The molecule has 4 aliphatic heterocycles. The minimum absolute atomic E-state index is 0.242. The van der Waals surface area contributed by atoms with Gasteiger partial charge in [0.05, 0.1) is 23.6 Å². The van der Waals surface area contributed by atoms with Gasteiger partial charge in [0.15, 0.2) is 0 Å². The zero-order valence-corrected chi connectivity index (χ0v) is 13.7. The van der Waals surface area contributed by atoms with Gasteiger partial charge in [0.2, 0.25) is 0 Å². The predicted octanol–water partition coefficient (Wildman–Crippen LogP) is 2.62. The van der Waals surface area contributed by atoms with Gasteiger partial charge in [-0.1, -0.05) is 25.1 Å². The van der Waals surface area contributed by atoms with Crippen molar-refractivity contribution in [2.75, 3.05) is 19.6 Å². The Bertz CT molecular complexity index is 688. The fourth-order valence-electron chi connectivity index (χ4n) is 5.10. The van der Waals surface area contributed by atoms with Crippen LogP contribution in [0.3, 0.4) is 0 Å². The monoisotopic (exact) mass is 312 g/mol. The van der Waals surface area contributed by atoms with E-state index >= 15 is 0 Å². The van der Waals surface area contributed by atoms with Gasteiger partial charge in [-0.25, -0.2) is 0 Å². The average molecular weight is 312 g/mol. The Morgan fingerprint density at radius 2 is 2.22 bits per heavy atom. The lowest BCUT2D eigenvalue weighted by Crippen LogP contribution is -2.48. The van der Waals surface area contributed by atoms with Crippen LogP contribution in [0.5, 0.6) is 0 Å². The first-order chi connectivity index (χ1) is 11.1. The molecule has 0 aromatic heterocycles. The number of hydrogen-bond acceptors (Lipinski definition) is 4. The van der Waals surface area contributed by atoms with Gasteiger partial charge in [-0.2, -0.15) is 0 Å². The topological polar surface area (TPSA) is 48.4 Å². The van der Waals surface area contributed by atoms with Crippen molar-refractivity contribution < 1.29 is 9.84 Å². The van der Waals surface area contributed by atoms with Crippen LogP contribution >= 0.6 is 0 Å². The molecule has 1 N–H and O–H groups in total. The fraction of sp³-hybridized carbons (Fsp3) is 0.632. The quantitative estimate of drug-likeness (QED) is 0.811. The van der Waals surface area contributed by atoms with E-state index in [9.17, 15) is 5.11 Å². The van der Waals surface area contributed by atoms with Crippen LogP contribution in [0, 0.1) is 5.41 Å². The molecule has 0 aliphatic carbocycles. The lowest BCUT2D eigenvalue weighted by Gasteiger charge is -2.39. The third-order valence-corrected chi connectivity index (χ3v) is 6.60. The molecule has 0 amide bonds. The molecule has 23 heavy (non-hydrogen) atoms. The average Bonchev–Trinajstić information content (AvgIpc) is 3.29. The molecule has 122 valence electrons. The smallest absolute Gasteiger partial charge is 0.131 e. The molecule has 1 aromatic carbocycles. The molecule has 1 unspecified atom stereocenters. The first-order valence-electron chi connectivity index (χ1n) is 8.92. The molecule has 5 atom stereocenters. The third-order valence-electron chi connectivity index (χ3n) is 6.60. The van der Waals surface area contributed by atoms with Crippen LogP contribution in [0.2, 0.25) is 0 Å². The SMILES string of the molecule is CC[C@@]12CCC3=Nc4ccccc4[C@@]3(O)CCN(C[C@@H]3O[C@H]31)C2. The molecule has 0 radical (unpaired) electrons. The minimum atomic E-state index is -0.867.